The van der Waals surface area contributed by atoms with Gasteiger partial charge in [-0.2, -0.15) is 0 Å². The Bertz CT molecular complexity index is 326. The lowest BCUT2D eigenvalue weighted by Crippen LogP contribution is -2.54. The van der Waals surface area contributed by atoms with Gasteiger partial charge in [0.05, 0.1) is 24.4 Å². The van der Waals surface area contributed by atoms with Gasteiger partial charge in [-0.05, 0) is 13.8 Å². The van der Waals surface area contributed by atoms with Gasteiger partial charge >= 0.3 is 0 Å². The van der Waals surface area contributed by atoms with Crippen LogP contribution in [0.4, 0.5) is 0 Å². The zero-order valence-corrected chi connectivity index (χ0v) is 13.0. The Morgan fingerprint density at radius 3 is 2.19 bits per heavy atom. The standard InChI is InChI=1S/C14H26O7/c1-7-13(16)9(17-3)6-12(20-7)21-14-8(2)19-11(15)5-10(14)18-4/h7-16H,5-6H2,1-4H3/t7-,8+,9-,10-,11+,12-,13+,14+/m0/s1. The molecule has 2 aliphatic heterocycles. The number of aliphatic hydroxyl groups excluding tert-OH is 2. The minimum absolute atomic E-state index is 0.268. The molecule has 0 bridgehead atoms. The van der Waals surface area contributed by atoms with Gasteiger partial charge in [-0.15, -0.1) is 0 Å². The SMILES string of the molecule is CO[C@H]1C[C@H](O[C@H]2[C@@H](OC)C[C@H](O)O[C@@H]2C)O[C@@H](C)[C@H]1O. The van der Waals surface area contributed by atoms with E-state index in [9.17, 15) is 10.2 Å². The second kappa shape index (κ2) is 7.32. The fourth-order valence-corrected chi connectivity index (χ4v) is 2.95. The van der Waals surface area contributed by atoms with Crippen molar-refractivity contribution < 1.29 is 33.9 Å². The number of rotatable bonds is 4. The largest absolute Gasteiger partial charge is 0.388 e. The maximum absolute atomic E-state index is 9.96. The molecule has 21 heavy (non-hydrogen) atoms. The Labute approximate surface area is 125 Å². The Hall–Kier alpha value is -0.280. The third-order valence-corrected chi connectivity index (χ3v) is 4.20. The van der Waals surface area contributed by atoms with E-state index in [0.29, 0.717) is 12.8 Å². The van der Waals surface area contributed by atoms with Crippen molar-refractivity contribution in [2.45, 2.75) is 75.9 Å². The quantitative estimate of drug-likeness (QED) is 0.757. The minimum Gasteiger partial charge on any atom is -0.388 e. The lowest BCUT2D eigenvalue weighted by Gasteiger charge is -2.42. The molecule has 124 valence electrons. The summed E-state index contributed by atoms with van der Waals surface area (Å²) in [5.74, 6) is 0. The fraction of sp³-hybridized carbons (Fsp3) is 1.00. The van der Waals surface area contributed by atoms with Crippen LogP contribution in [-0.4, -0.2) is 73.6 Å². The molecule has 2 aliphatic rings. The second-order valence-electron chi connectivity index (χ2n) is 5.68. The first-order valence-corrected chi connectivity index (χ1v) is 7.34. The monoisotopic (exact) mass is 306 g/mol. The molecule has 2 N–H and O–H groups in total. The fourth-order valence-electron chi connectivity index (χ4n) is 2.95. The first kappa shape index (κ1) is 17.1. The highest BCUT2D eigenvalue weighted by molar-refractivity contribution is 4.86. The van der Waals surface area contributed by atoms with Crippen molar-refractivity contribution in [3.8, 4) is 0 Å². The summed E-state index contributed by atoms with van der Waals surface area (Å²) in [4.78, 5) is 0. The summed E-state index contributed by atoms with van der Waals surface area (Å²) in [6.07, 6.45) is -2.86. The first-order chi connectivity index (χ1) is 9.96. The Balaban J connectivity index is 1.99. The van der Waals surface area contributed by atoms with Gasteiger partial charge in [0.25, 0.3) is 0 Å². The lowest BCUT2D eigenvalue weighted by atomic mass is 10.0. The van der Waals surface area contributed by atoms with E-state index in [1.54, 1.807) is 21.1 Å². The summed E-state index contributed by atoms with van der Waals surface area (Å²) in [5.41, 5.74) is 0. The third kappa shape index (κ3) is 3.92. The molecule has 2 rings (SSSR count). The molecule has 2 saturated heterocycles. The Kier molecular flexibility index (Phi) is 5.96. The molecule has 0 amide bonds. The highest BCUT2D eigenvalue weighted by Gasteiger charge is 2.42. The van der Waals surface area contributed by atoms with Crippen molar-refractivity contribution in [2.75, 3.05) is 14.2 Å². The smallest absolute Gasteiger partial charge is 0.161 e. The molecule has 2 fully saturated rings. The van der Waals surface area contributed by atoms with Crippen LogP contribution in [0.25, 0.3) is 0 Å². The molecule has 0 aromatic heterocycles. The van der Waals surface area contributed by atoms with Crippen LogP contribution in [-0.2, 0) is 23.7 Å². The van der Waals surface area contributed by atoms with Gasteiger partial charge in [0.1, 0.15) is 12.2 Å². The van der Waals surface area contributed by atoms with E-state index < -0.39 is 18.7 Å². The zero-order valence-electron chi connectivity index (χ0n) is 13.0. The zero-order chi connectivity index (χ0) is 15.6. The first-order valence-electron chi connectivity index (χ1n) is 7.34. The van der Waals surface area contributed by atoms with E-state index >= 15 is 0 Å². The molecule has 0 radical (unpaired) electrons. The number of hydrogen-bond donors (Lipinski definition) is 2. The van der Waals surface area contributed by atoms with E-state index in [1.165, 1.54) is 0 Å². The van der Waals surface area contributed by atoms with Gasteiger partial charge in [-0.3, -0.25) is 0 Å². The van der Waals surface area contributed by atoms with E-state index in [4.69, 9.17) is 23.7 Å². The van der Waals surface area contributed by atoms with Crippen molar-refractivity contribution in [1.82, 2.24) is 0 Å². The van der Waals surface area contributed by atoms with Crippen LogP contribution in [0.2, 0.25) is 0 Å². The van der Waals surface area contributed by atoms with Crippen LogP contribution >= 0.6 is 0 Å². The summed E-state index contributed by atoms with van der Waals surface area (Å²) >= 11 is 0. The summed E-state index contributed by atoms with van der Waals surface area (Å²) in [7, 11) is 3.14. The average Bonchev–Trinajstić information content (AvgIpc) is 2.45. The maximum atomic E-state index is 9.96. The molecule has 2 heterocycles. The highest BCUT2D eigenvalue weighted by Crippen LogP contribution is 2.29. The van der Waals surface area contributed by atoms with Gasteiger partial charge in [0.15, 0.2) is 12.6 Å². The van der Waals surface area contributed by atoms with E-state index in [1.807, 2.05) is 6.92 Å². The molecule has 0 aromatic rings. The molecule has 0 spiro atoms. The van der Waals surface area contributed by atoms with Crippen LogP contribution in [0, 0.1) is 0 Å². The van der Waals surface area contributed by atoms with Crippen molar-refractivity contribution in [3.05, 3.63) is 0 Å². The van der Waals surface area contributed by atoms with Crippen LogP contribution in [0.3, 0.4) is 0 Å². The molecular weight excluding hydrogens is 280 g/mol. The Morgan fingerprint density at radius 2 is 1.57 bits per heavy atom. The summed E-state index contributed by atoms with van der Waals surface area (Å²) in [6, 6.07) is 0. The van der Waals surface area contributed by atoms with Crippen molar-refractivity contribution in [1.29, 1.82) is 0 Å². The van der Waals surface area contributed by atoms with Crippen LogP contribution in [0.15, 0.2) is 0 Å². The van der Waals surface area contributed by atoms with Crippen molar-refractivity contribution in [3.63, 3.8) is 0 Å². The number of methoxy groups -OCH3 is 2. The predicted octanol–water partition coefficient (Wildman–Crippen LogP) is 0.0246. The molecule has 7 heteroatoms. The molecule has 0 saturated carbocycles. The molecule has 0 aliphatic carbocycles. The van der Waals surface area contributed by atoms with E-state index in [-0.39, 0.29) is 30.5 Å². The topological polar surface area (TPSA) is 86.6 Å². The molecule has 7 nitrogen and oxygen atoms in total. The average molecular weight is 306 g/mol. The number of hydrogen-bond acceptors (Lipinski definition) is 7. The van der Waals surface area contributed by atoms with E-state index in [2.05, 4.69) is 0 Å². The van der Waals surface area contributed by atoms with Gasteiger partial charge in [0.2, 0.25) is 0 Å². The van der Waals surface area contributed by atoms with Crippen LogP contribution in [0.5, 0.6) is 0 Å². The predicted molar refractivity (Wildman–Crippen MR) is 72.6 cm³/mol. The molecular formula is C14H26O7. The normalized spacial score (nSPS) is 48.3. The van der Waals surface area contributed by atoms with Gasteiger partial charge in [-0.25, -0.2) is 0 Å². The van der Waals surface area contributed by atoms with Crippen molar-refractivity contribution >= 4 is 0 Å². The van der Waals surface area contributed by atoms with Crippen LogP contribution in [0.1, 0.15) is 26.7 Å². The van der Waals surface area contributed by atoms with Gasteiger partial charge < -0.3 is 33.9 Å². The van der Waals surface area contributed by atoms with Gasteiger partial charge in [-0.1, -0.05) is 0 Å². The third-order valence-electron chi connectivity index (χ3n) is 4.20. The molecule has 0 unspecified atom stereocenters. The van der Waals surface area contributed by atoms with Crippen molar-refractivity contribution in [2.24, 2.45) is 0 Å². The highest BCUT2D eigenvalue weighted by atomic mass is 16.7. The minimum atomic E-state index is -0.843. The summed E-state index contributed by atoms with van der Waals surface area (Å²) in [5, 5.41) is 19.6. The molecule has 0 aromatic carbocycles. The number of ether oxygens (including phenoxy) is 5. The van der Waals surface area contributed by atoms with Gasteiger partial charge in [0, 0.05) is 27.1 Å². The summed E-state index contributed by atoms with van der Waals surface area (Å²) in [6.45, 7) is 3.61. The summed E-state index contributed by atoms with van der Waals surface area (Å²) < 4.78 is 27.7. The molecule has 8 atom stereocenters. The lowest BCUT2D eigenvalue weighted by molar-refractivity contribution is -0.310. The van der Waals surface area contributed by atoms with Crippen LogP contribution < -0.4 is 0 Å². The second-order valence-corrected chi connectivity index (χ2v) is 5.68. The number of aliphatic hydroxyl groups is 2. The maximum Gasteiger partial charge on any atom is 0.161 e. The Morgan fingerprint density at radius 1 is 0.905 bits per heavy atom. The van der Waals surface area contributed by atoms with E-state index in [0.717, 1.165) is 0 Å².